The van der Waals surface area contributed by atoms with Crippen molar-refractivity contribution >= 4 is 22.6 Å². The predicted molar refractivity (Wildman–Crippen MR) is 70.3 cm³/mol. The largest absolute Gasteiger partial charge is 0.505 e. The van der Waals surface area contributed by atoms with E-state index in [0.717, 1.165) is 5.52 Å². The number of para-hydroxylation sites is 1. The number of fused-ring (bicyclic) bond motifs is 1. The second kappa shape index (κ2) is 5.34. The normalized spacial score (nSPS) is 12.1. The molecule has 2 N–H and O–H groups in total. The molecule has 0 atom stereocenters. The van der Waals surface area contributed by atoms with Crippen LogP contribution >= 0.6 is 0 Å². The highest BCUT2D eigenvalue weighted by Crippen LogP contribution is 2.26. The van der Waals surface area contributed by atoms with Crippen LogP contribution in [-0.2, 0) is 9.53 Å². The molecule has 1 aromatic carbocycles. The van der Waals surface area contributed by atoms with Gasteiger partial charge < -0.3 is 14.8 Å². The number of H-pyrrole nitrogens is 1. The van der Waals surface area contributed by atoms with E-state index >= 15 is 0 Å². The fourth-order valence-corrected chi connectivity index (χ4v) is 1.77. The second-order valence-corrected chi connectivity index (χ2v) is 3.76. The summed E-state index contributed by atoms with van der Waals surface area (Å²) in [4.78, 5) is 25.1. The zero-order chi connectivity index (χ0) is 13.8. The Labute approximate surface area is 108 Å². The van der Waals surface area contributed by atoms with E-state index in [1.54, 1.807) is 19.1 Å². The molecule has 1 heterocycles. The number of aromatic amines is 1. The molecule has 1 aromatic heterocycles. The zero-order valence-electron chi connectivity index (χ0n) is 10.2. The van der Waals surface area contributed by atoms with Crippen LogP contribution in [0.3, 0.4) is 0 Å². The summed E-state index contributed by atoms with van der Waals surface area (Å²) in [6, 6.07) is 7.17. The van der Waals surface area contributed by atoms with Crippen LogP contribution in [0.25, 0.3) is 16.7 Å². The van der Waals surface area contributed by atoms with Crippen LogP contribution in [0.2, 0.25) is 0 Å². The molecule has 2 aromatic rings. The molecule has 0 aliphatic rings. The van der Waals surface area contributed by atoms with Crippen LogP contribution in [0, 0.1) is 4.91 Å². The molecular formula is C13H12N2O4. The van der Waals surface area contributed by atoms with E-state index in [9.17, 15) is 14.8 Å². The molecule has 2 rings (SSSR count). The number of carbonyl (C=O) groups excluding carboxylic acids is 1. The van der Waals surface area contributed by atoms with Crippen LogP contribution in [0.4, 0.5) is 0 Å². The first-order chi connectivity index (χ1) is 9.19. The average Bonchev–Trinajstić information content (AvgIpc) is 2.83. The van der Waals surface area contributed by atoms with Crippen molar-refractivity contribution in [3.8, 4) is 0 Å². The van der Waals surface area contributed by atoms with Crippen molar-refractivity contribution in [1.29, 1.82) is 0 Å². The Morgan fingerprint density at radius 1 is 1.42 bits per heavy atom. The summed E-state index contributed by atoms with van der Waals surface area (Å²) in [5.41, 5.74) is 0.475. The van der Waals surface area contributed by atoms with Crippen LogP contribution < -0.4 is 0 Å². The first-order valence-corrected chi connectivity index (χ1v) is 5.69. The van der Waals surface area contributed by atoms with Gasteiger partial charge in [-0.1, -0.05) is 18.2 Å². The number of carbonyl (C=O) groups is 1. The second-order valence-electron chi connectivity index (χ2n) is 3.76. The smallest absolute Gasteiger partial charge is 0.364 e. The molecular weight excluding hydrogens is 248 g/mol. The van der Waals surface area contributed by atoms with Crippen molar-refractivity contribution in [2.75, 3.05) is 6.61 Å². The van der Waals surface area contributed by atoms with Gasteiger partial charge >= 0.3 is 5.97 Å². The Morgan fingerprint density at radius 3 is 2.84 bits per heavy atom. The molecule has 0 aliphatic heterocycles. The molecule has 98 valence electrons. The van der Waals surface area contributed by atoms with Gasteiger partial charge in [0.15, 0.2) is 5.76 Å². The number of aliphatic hydroxyl groups excluding tert-OH is 1. The number of nitrogens with one attached hydrogen (secondary N) is 1. The topological polar surface area (TPSA) is 91.8 Å². The van der Waals surface area contributed by atoms with Gasteiger partial charge in [-0.3, -0.25) is 0 Å². The van der Waals surface area contributed by atoms with E-state index in [1.807, 2.05) is 12.1 Å². The Morgan fingerprint density at radius 2 is 2.16 bits per heavy atom. The van der Waals surface area contributed by atoms with Gasteiger partial charge in [-0.2, -0.15) is 0 Å². The molecule has 0 saturated heterocycles. The molecule has 0 bridgehead atoms. The van der Waals surface area contributed by atoms with Crippen LogP contribution in [0.15, 0.2) is 41.3 Å². The molecule has 0 radical (unpaired) electrons. The monoisotopic (exact) mass is 260 g/mol. The third-order valence-corrected chi connectivity index (χ3v) is 2.63. The van der Waals surface area contributed by atoms with Gasteiger partial charge in [-0.05, 0) is 18.2 Å². The lowest BCUT2D eigenvalue weighted by Crippen LogP contribution is -2.08. The third kappa shape index (κ3) is 2.33. The molecule has 0 saturated carbocycles. The van der Waals surface area contributed by atoms with Gasteiger partial charge in [0.05, 0.1) is 6.61 Å². The number of hydrogen-bond donors (Lipinski definition) is 2. The standard InChI is InChI=1S/C13H12N2O4/c1-2-19-13(17)11(15-18)12(16)9-7-14-10-6-4-3-5-8(9)10/h3-7,14,16H,2H2,1H3/b12-11+. The molecule has 0 fully saturated rings. The molecule has 0 aliphatic carbocycles. The summed E-state index contributed by atoms with van der Waals surface area (Å²) in [7, 11) is 0. The molecule has 6 heteroatoms. The maximum Gasteiger partial charge on any atom is 0.364 e. The van der Waals surface area contributed by atoms with Gasteiger partial charge in [0, 0.05) is 22.7 Å². The number of aliphatic hydroxyl groups is 1. The Bertz CT molecular complexity index is 657. The lowest BCUT2D eigenvalue weighted by Gasteiger charge is -2.03. The SMILES string of the molecule is CCOC(=O)/C(N=O)=C(\O)c1c[nH]c2ccccc12. The van der Waals surface area contributed by atoms with Crippen molar-refractivity contribution in [1.82, 2.24) is 4.98 Å². The maximum atomic E-state index is 11.5. The molecule has 0 amide bonds. The number of aromatic nitrogens is 1. The van der Waals surface area contributed by atoms with Gasteiger partial charge in [0.25, 0.3) is 0 Å². The van der Waals surface area contributed by atoms with Crippen molar-refractivity contribution in [3.63, 3.8) is 0 Å². The summed E-state index contributed by atoms with van der Waals surface area (Å²) in [5, 5.41) is 13.3. The minimum atomic E-state index is -0.944. The number of rotatable bonds is 4. The Balaban J connectivity index is 2.55. The lowest BCUT2D eigenvalue weighted by atomic mass is 10.1. The van der Waals surface area contributed by atoms with Crippen molar-refractivity contribution in [2.45, 2.75) is 6.92 Å². The van der Waals surface area contributed by atoms with Crippen molar-refractivity contribution in [2.24, 2.45) is 5.18 Å². The number of benzene rings is 1. The quantitative estimate of drug-likeness (QED) is 0.382. The number of nitrogens with zero attached hydrogens (tertiary/aromatic N) is 1. The fourth-order valence-electron chi connectivity index (χ4n) is 1.77. The van der Waals surface area contributed by atoms with E-state index in [4.69, 9.17) is 0 Å². The van der Waals surface area contributed by atoms with Crippen LogP contribution in [0.5, 0.6) is 0 Å². The minimum Gasteiger partial charge on any atom is -0.505 e. The maximum absolute atomic E-state index is 11.5. The van der Waals surface area contributed by atoms with Gasteiger partial charge in [-0.15, -0.1) is 4.91 Å². The van der Waals surface area contributed by atoms with E-state index in [1.165, 1.54) is 6.20 Å². The van der Waals surface area contributed by atoms with E-state index < -0.39 is 17.4 Å². The summed E-state index contributed by atoms with van der Waals surface area (Å²) in [6.45, 7) is 1.70. The predicted octanol–water partition coefficient (Wildman–Crippen LogP) is 2.72. The highest BCUT2D eigenvalue weighted by Gasteiger charge is 2.21. The molecule has 6 nitrogen and oxygen atoms in total. The third-order valence-electron chi connectivity index (χ3n) is 2.63. The first-order valence-electron chi connectivity index (χ1n) is 5.69. The summed E-state index contributed by atoms with van der Waals surface area (Å²) in [6.07, 6.45) is 1.50. The lowest BCUT2D eigenvalue weighted by molar-refractivity contribution is -0.138. The summed E-state index contributed by atoms with van der Waals surface area (Å²) in [5.74, 6) is -1.44. The summed E-state index contributed by atoms with van der Waals surface area (Å²) < 4.78 is 4.67. The Hall–Kier alpha value is -2.63. The number of hydrogen-bond acceptors (Lipinski definition) is 5. The zero-order valence-corrected chi connectivity index (χ0v) is 10.2. The van der Waals surface area contributed by atoms with Gasteiger partial charge in [0.1, 0.15) is 0 Å². The van der Waals surface area contributed by atoms with Crippen LogP contribution in [0.1, 0.15) is 12.5 Å². The molecule has 0 unspecified atom stereocenters. The average molecular weight is 260 g/mol. The molecule has 19 heavy (non-hydrogen) atoms. The van der Waals surface area contributed by atoms with Gasteiger partial charge in [-0.25, -0.2) is 4.79 Å². The van der Waals surface area contributed by atoms with E-state index in [0.29, 0.717) is 10.9 Å². The number of ether oxygens (including phenoxy) is 1. The Kier molecular flexibility index (Phi) is 3.61. The van der Waals surface area contributed by atoms with E-state index in [2.05, 4.69) is 14.9 Å². The van der Waals surface area contributed by atoms with Crippen LogP contribution in [-0.4, -0.2) is 22.7 Å². The minimum absolute atomic E-state index is 0.0962. The fraction of sp³-hybridized carbons (Fsp3) is 0.154. The highest BCUT2D eigenvalue weighted by atomic mass is 16.5. The molecule has 0 spiro atoms. The van der Waals surface area contributed by atoms with Crippen molar-refractivity contribution in [3.05, 3.63) is 46.6 Å². The summed E-state index contributed by atoms with van der Waals surface area (Å²) >= 11 is 0. The number of nitroso groups, excluding NO2 is 1. The van der Waals surface area contributed by atoms with Gasteiger partial charge in [0.2, 0.25) is 5.70 Å². The number of esters is 1. The highest BCUT2D eigenvalue weighted by molar-refractivity contribution is 6.00. The van der Waals surface area contributed by atoms with Crippen molar-refractivity contribution < 1.29 is 14.6 Å². The van der Waals surface area contributed by atoms with E-state index in [-0.39, 0.29) is 6.61 Å². The first kappa shape index (κ1) is 12.8.